The second kappa shape index (κ2) is 17.8. The van der Waals surface area contributed by atoms with Crippen molar-refractivity contribution in [2.75, 3.05) is 43.1 Å². The quantitative estimate of drug-likeness (QED) is 0.115. The van der Waals surface area contributed by atoms with E-state index in [1.54, 1.807) is 26.2 Å². The van der Waals surface area contributed by atoms with Crippen molar-refractivity contribution < 1.29 is 32.2 Å². The summed E-state index contributed by atoms with van der Waals surface area (Å²) in [6.07, 6.45) is 12.4. The molecule has 9 rings (SSSR count). The molecule has 3 fully saturated rings. The predicted molar refractivity (Wildman–Crippen MR) is 245 cm³/mol. The highest BCUT2D eigenvalue weighted by molar-refractivity contribution is 7.84. The summed E-state index contributed by atoms with van der Waals surface area (Å²) >= 11 is 0. The minimum atomic E-state index is -1.41. The largest absolute Gasteiger partial charge is 0.444 e. The molecule has 0 bridgehead atoms. The molecule has 22 heteroatoms. The van der Waals surface area contributed by atoms with Gasteiger partial charge in [0.05, 0.1) is 57.1 Å². The first-order valence-corrected chi connectivity index (χ1v) is 23.6. The Morgan fingerprint density at radius 1 is 0.833 bits per heavy atom. The lowest BCUT2D eigenvalue weighted by Gasteiger charge is -2.45. The molecule has 66 heavy (non-hydrogen) atoms. The van der Waals surface area contributed by atoms with E-state index in [-0.39, 0.29) is 45.7 Å². The Labute approximate surface area is 383 Å². The van der Waals surface area contributed by atoms with Gasteiger partial charge in [-0.2, -0.15) is 10.2 Å². The molecule has 6 aromatic rings. The Morgan fingerprint density at radius 3 is 1.89 bits per heavy atom. The zero-order valence-electron chi connectivity index (χ0n) is 38.5. The predicted octanol–water partition coefficient (Wildman–Crippen LogP) is 4.90. The van der Waals surface area contributed by atoms with Crippen LogP contribution in [0.5, 0.6) is 0 Å². The van der Waals surface area contributed by atoms with Gasteiger partial charge in [-0.15, -0.1) is 15.3 Å². The maximum absolute atomic E-state index is 12.6. The number of anilines is 2. The SMILES string of the molecule is CC1(C)CNCC[C@H]1Nc1c(C(N)=O)cnn2cc(-c3nnc(CC4CC4)o3)cc12.CS(=O)c1nnc(-c2cc3c(N[C@@H]4CCN(C(=O)OC(C)(C)C)CC4(C)C)c(C(N)=O)cnn3c2)o1. The van der Waals surface area contributed by atoms with Crippen molar-refractivity contribution in [3.8, 4) is 22.9 Å². The minimum Gasteiger partial charge on any atom is -0.444 e. The number of fused-ring (bicyclic) bond motifs is 2. The maximum Gasteiger partial charge on any atom is 0.410 e. The number of nitrogens with zero attached hydrogens (tertiary/aromatic N) is 9. The van der Waals surface area contributed by atoms with E-state index >= 15 is 0 Å². The number of amides is 3. The number of likely N-dealkylation sites (tertiary alicyclic amines) is 1. The number of carbonyl (C=O) groups is 3. The lowest BCUT2D eigenvalue weighted by molar-refractivity contribution is 0.00690. The zero-order chi connectivity index (χ0) is 47.3. The van der Waals surface area contributed by atoms with Gasteiger partial charge in [0.2, 0.25) is 17.7 Å². The lowest BCUT2D eigenvalue weighted by Crippen LogP contribution is -2.54. The molecule has 21 nitrogen and oxygen atoms in total. The molecule has 2 aliphatic heterocycles. The molecule has 3 amide bonds. The monoisotopic (exact) mass is 926 g/mol. The van der Waals surface area contributed by atoms with Gasteiger partial charge in [0.25, 0.3) is 11.8 Å². The van der Waals surface area contributed by atoms with Crippen LogP contribution in [0, 0.1) is 16.7 Å². The zero-order valence-corrected chi connectivity index (χ0v) is 39.3. The van der Waals surface area contributed by atoms with Crippen LogP contribution in [0.25, 0.3) is 33.9 Å². The summed E-state index contributed by atoms with van der Waals surface area (Å²) in [5, 5.41) is 35.4. The number of hydrogen-bond donors (Lipinski definition) is 5. The first kappa shape index (κ1) is 46.1. The summed E-state index contributed by atoms with van der Waals surface area (Å²) in [6.45, 7) is 16.8. The number of nitrogens with two attached hydrogens (primary N) is 2. The Hall–Kier alpha value is -6.42. The summed E-state index contributed by atoms with van der Waals surface area (Å²) < 4.78 is 31.9. The highest BCUT2D eigenvalue weighted by atomic mass is 32.2. The lowest BCUT2D eigenvalue weighted by atomic mass is 9.79. The fourth-order valence-corrected chi connectivity index (χ4v) is 8.73. The molecule has 2 saturated heterocycles. The van der Waals surface area contributed by atoms with Gasteiger partial charge in [0.15, 0.2) is 0 Å². The van der Waals surface area contributed by atoms with Crippen LogP contribution >= 0.6 is 0 Å². The molecule has 1 aliphatic carbocycles. The first-order chi connectivity index (χ1) is 31.2. The van der Waals surface area contributed by atoms with Crippen molar-refractivity contribution in [1.29, 1.82) is 0 Å². The van der Waals surface area contributed by atoms with Crippen molar-refractivity contribution >= 4 is 51.1 Å². The molecule has 0 spiro atoms. The number of nitrogens with one attached hydrogen (secondary N) is 3. The molecule has 6 aromatic heterocycles. The highest BCUT2D eigenvalue weighted by Gasteiger charge is 2.40. The summed E-state index contributed by atoms with van der Waals surface area (Å²) in [6, 6.07) is 3.77. The number of aromatic nitrogens is 8. The molecular weight excluding hydrogens is 869 g/mol. The normalized spacial score (nSPS) is 19.8. The van der Waals surface area contributed by atoms with Gasteiger partial charge in [0.1, 0.15) is 16.4 Å². The topological polar surface area (TPSA) is 281 Å². The van der Waals surface area contributed by atoms with E-state index in [4.69, 9.17) is 25.0 Å². The molecule has 352 valence electrons. The van der Waals surface area contributed by atoms with Crippen LogP contribution in [0.15, 0.2) is 51.0 Å². The van der Waals surface area contributed by atoms with Crippen LogP contribution in [-0.2, 0) is 22.0 Å². The number of rotatable bonds is 11. The van der Waals surface area contributed by atoms with Crippen LogP contribution in [0.1, 0.15) is 101 Å². The minimum absolute atomic E-state index is 0.0166. The highest BCUT2D eigenvalue weighted by Crippen LogP contribution is 2.37. The van der Waals surface area contributed by atoms with E-state index in [0.29, 0.717) is 65.2 Å². The molecule has 3 atom stereocenters. The van der Waals surface area contributed by atoms with Crippen molar-refractivity contribution in [2.45, 2.75) is 103 Å². The van der Waals surface area contributed by atoms with Gasteiger partial charge in [-0.25, -0.2) is 18.0 Å². The summed E-state index contributed by atoms with van der Waals surface area (Å²) in [5.41, 5.74) is 14.9. The Bertz CT molecular complexity index is 2810. The van der Waals surface area contributed by atoms with Crippen molar-refractivity contribution in [1.82, 2.24) is 49.8 Å². The van der Waals surface area contributed by atoms with Crippen LogP contribution in [-0.4, -0.2) is 117 Å². The Kier molecular flexibility index (Phi) is 12.4. The third-order valence-corrected chi connectivity index (χ3v) is 12.9. The Balaban J connectivity index is 0.000000182. The van der Waals surface area contributed by atoms with Gasteiger partial charge in [0, 0.05) is 62.2 Å². The molecule has 0 radical (unpaired) electrons. The van der Waals surface area contributed by atoms with E-state index in [9.17, 15) is 18.6 Å². The van der Waals surface area contributed by atoms with Gasteiger partial charge in [-0.05, 0) is 76.5 Å². The molecule has 3 aliphatic rings. The molecule has 8 heterocycles. The van der Waals surface area contributed by atoms with E-state index in [1.165, 1.54) is 31.5 Å². The van der Waals surface area contributed by atoms with E-state index < -0.39 is 28.2 Å². The van der Waals surface area contributed by atoms with Crippen LogP contribution < -0.4 is 27.4 Å². The van der Waals surface area contributed by atoms with Gasteiger partial charge < -0.3 is 45.9 Å². The van der Waals surface area contributed by atoms with Crippen molar-refractivity contribution in [2.24, 2.45) is 28.2 Å². The fourth-order valence-electron chi connectivity index (χ4n) is 8.38. The standard InChI is InChI=1S/C23H31N7O5S.C21H27N7O2/c1-22(2,3)35-21(32)29-8-7-16(23(4,5)12-29)26-17-14(18(24)31)10-25-30-11-13(9-15(17)30)19-27-28-20(34-19)36(6)33;1-21(2)11-23-6-5-16(21)25-18-14(19(22)29)9-24-28-10-13(8-15(18)28)20-27-26-17(30-20)7-12-3-4-12/h9-11,16,26H,7-8,12H2,1-6H3,(H2,24,31);8-10,12,16,23,25H,3-7,11H2,1-2H3,(H2,22,29)/t16-,36?;16-/m11/s1. The van der Waals surface area contributed by atoms with E-state index in [1.807, 2.05) is 33.0 Å². The summed E-state index contributed by atoms with van der Waals surface area (Å²) in [4.78, 5) is 38.8. The second-order valence-electron chi connectivity index (χ2n) is 19.7. The maximum atomic E-state index is 12.6. The number of piperidine rings is 2. The molecule has 1 saturated carbocycles. The average Bonchev–Trinajstić information content (AvgIpc) is 3.66. The molecule has 1 unspecified atom stereocenters. The number of hydrogen-bond acceptors (Lipinski definition) is 16. The van der Waals surface area contributed by atoms with Crippen LogP contribution in [0.2, 0.25) is 0 Å². The summed E-state index contributed by atoms with van der Waals surface area (Å²) in [7, 11) is -1.41. The third kappa shape index (κ3) is 10.0. The van der Waals surface area contributed by atoms with Crippen molar-refractivity contribution in [3.05, 3.63) is 53.9 Å². The van der Waals surface area contributed by atoms with Crippen molar-refractivity contribution in [3.63, 3.8) is 0 Å². The van der Waals surface area contributed by atoms with E-state index in [2.05, 4.69) is 74.2 Å². The number of primary amides is 2. The number of ether oxygens (including phenoxy) is 1. The van der Waals surface area contributed by atoms with Gasteiger partial charge >= 0.3 is 11.3 Å². The average molecular weight is 927 g/mol. The fraction of sp³-hybridized carbons (Fsp3) is 0.523. The van der Waals surface area contributed by atoms with Crippen LogP contribution in [0.3, 0.4) is 0 Å². The molecular formula is C44H58N14O7S. The molecule has 7 N–H and O–H groups in total. The number of carbonyl (C=O) groups excluding carboxylic acids is 3. The second-order valence-corrected chi connectivity index (χ2v) is 21.0. The summed E-state index contributed by atoms with van der Waals surface area (Å²) in [5.74, 6) is 0.860. The Morgan fingerprint density at radius 2 is 1.39 bits per heavy atom. The molecule has 0 aromatic carbocycles. The smallest absolute Gasteiger partial charge is 0.410 e. The van der Waals surface area contributed by atoms with E-state index in [0.717, 1.165) is 37.0 Å². The van der Waals surface area contributed by atoms with Gasteiger partial charge in [-0.1, -0.05) is 32.8 Å². The third-order valence-electron chi connectivity index (χ3n) is 12.2. The first-order valence-electron chi connectivity index (χ1n) is 22.0. The van der Waals surface area contributed by atoms with Gasteiger partial charge in [-0.3, -0.25) is 9.59 Å². The van der Waals surface area contributed by atoms with Crippen LogP contribution in [0.4, 0.5) is 16.2 Å².